The molecular weight excluding hydrogens is 642 g/mol. The van der Waals surface area contributed by atoms with Crippen LogP contribution in [0.25, 0.3) is 0 Å². The highest BCUT2D eigenvalue weighted by atomic mass is 16.6. The predicted octanol–water partition coefficient (Wildman–Crippen LogP) is 6.50. The number of likely N-dealkylation sites (tertiary alicyclic amines) is 2. The van der Waals surface area contributed by atoms with Gasteiger partial charge in [-0.3, -0.25) is 9.59 Å². The van der Waals surface area contributed by atoms with Gasteiger partial charge in [-0.15, -0.1) is 13.2 Å². The van der Waals surface area contributed by atoms with Gasteiger partial charge in [-0.2, -0.15) is 0 Å². The molecule has 2 amide bonds. The van der Waals surface area contributed by atoms with Crippen molar-refractivity contribution in [2.45, 2.75) is 98.3 Å². The number of allylic oxidation sites excluding steroid dienone is 2. The second kappa shape index (κ2) is 18.9. The van der Waals surface area contributed by atoms with Gasteiger partial charge in [-0.25, -0.2) is 9.59 Å². The second-order valence-electron chi connectivity index (χ2n) is 15.2. The van der Waals surface area contributed by atoms with Crippen LogP contribution in [0.5, 0.6) is 0 Å². The van der Waals surface area contributed by atoms with E-state index < -0.39 is 46.2 Å². The number of aliphatic hydroxyl groups is 1. The summed E-state index contributed by atoms with van der Waals surface area (Å²) in [5, 5.41) is 27.9. The molecule has 5 atom stereocenters. The summed E-state index contributed by atoms with van der Waals surface area (Å²) in [5.74, 6) is -2.16. The summed E-state index contributed by atoms with van der Waals surface area (Å²) in [5.41, 5.74) is 3.44. The lowest BCUT2D eigenvalue weighted by atomic mass is 9.70. The number of carbonyl (C=O) groups excluding carboxylic acids is 2. The number of nitrogens with two attached hydrogens (primary N) is 1. The largest absolute Gasteiger partial charge is 0.481 e. The van der Waals surface area contributed by atoms with Crippen LogP contribution in [0, 0.1) is 22.7 Å². The van der Waals surface area contributed by atoms with Gasteiger partial charge in [0.2, 0.25) is 0 Å². The molecule has 1 aromatic carbocycles. The van der Waals surface area contributed by atoms with E-state index in [9.17, 15) is 29.4 Å². The van der Waals surface area contributed by atoms with Gasteiger partial charge in [0, 0.05) is 26.2 Å². The van der Waals surface area contributed by atoms with Crippen molar-refractivity contribution in [3.8, 4) is 0 Å². The minimum atomic E-state index is -0.961. The quantitative estimate of drug-likeness (QED) is 0.218. The first kappa shape index (κ1) is 44.1. The number of carbonyl (C=O) groups is 4. The molecule has 2 heterocycles. The van der Waals surface area contributed by atoms with E-state index in [0.29, 0.717) is 38.8 Å². The Labute approximate surface area is 298 Å². The lowest BCUT2D eigenvalue weighted by Crippen LogP contribution is -2.53. The number of rotatable bonds is 8. The number of benzene rings is 1. The normalized spacial score (nSPS) is 22.5. The third-order valence-electron chi connectivity index (χ3n) is 9.08. The molecule has 0 radical (unpaired) electrons. The first-order valence-corrected chi connectivity index (χ1v) is 17.2. The molecule has 3 rings (SSSR count). The van der Waals surface area contributed by atoms with Crippen molar-refractivity contribution in [1.82, 2.24) is 9.80 Å². The van der Waals surface area contributed by atoms with E-state index in [1.54, 1.807) is 53.7 Å². The molecule has 4 unspecified atom stereocenters. The maximum absolute atomic E-state index is 12.1. The van der Waals surface area contributed by atoms with Crippen molar-refractivity contribution in [2.24, 2.45) is 28.4 Å². The number of ether oxygens (including phenoxy) is 2. The number of hydrogen-bond donors (Lipinski definition) is 4. The summed E-state index contributed by atoms with van der Waals surface area (Å²) in [4.78, 5) is 50.7. The molecule has 2 fully saturated rings. The number of carboxylic acids is 2. The van der Waals surface area contributed by atoms with Crippen LogP contribution in [0.2, 0.25) is 0 Å². The molecule has 2 saturated heterocycles. The number of nitrogens with zero attached hydrogens (tertiary/aromatic N) is 2. The fraction of sp³-hybridized carbons (Fsp3) is 0.632. The smallest absolute Gasteiger partial charge is 0.410 e. The number of amides is 2. The summed E-state index contributed by atoms with van der Waals surface area (Å²) in [6.07, 6.45) is 4.81. The zero-order valence-electron chi connectivity index (χ0n) is 31.3. The Morgan fingerprint density at radius 2 is 1.16 bits per heavy atom. The molecule has 2 aliphatic heterocycles. The van der Waals surface area contributed by atoms with Crippen LogP contribution < -0.4 is 5.73 Å². The van der Waals surface area contributed by atoms with Gasteiger partial charge in [-0.05, 0) is 84.6 Å². The molecule has 1 aromatic rings. The molecule has 12 nitrogen and oxygen atoms in total. The highest BCUT2D eigenvalue weighted by molar-refractivity contribution is 5.78. The van der Waals surface area contributed by atoms with Crippen LogP contribution in [0.4, 0.5) is 9.59 Å². The van der Waals surface area contributed by atoms with E-state index in [0.717, 1.165) is 5.56 Å². The topological polar surface area (TPSA) is 180 Å². The van der Waals surface area contributed by atoms with E-state index in [4.69, 9.17) is 20.3 Å². The number of hydrogen-bond acceptors (Lipinski definition) is 8. The summed E-state index contributed by atoms with van der Waals surface area (Å²) in [6.45, 7) is 23.3. The molecule has 50 heavy (non-hydrogen) atoms. The van der Waals surface area contributed by atoms with Crippen molar-refractivity contribution in [3.05, 3.63) is 61.2 Å². The van der Waals surface area contributed by atoms with Gasteiger partial charge in [0.25, 0.3) is 0 Å². The lowest BCUT2D eigenvalue weighted by molar-refractivity contribution is -0.156. The average molecular weight is 704 g/mol. The van der Waals surface area contributed by atoms with Crippen LogP contribution in [-0.4, -0.2) is 93.2 Å². The van der Waals surface area contributed by atoms with Crippen LogP contribution in [0.3, 0.4) is 0 Å². The Hall–Kier alpha value is -3.90. The Balaban J connectivity index is 0.000000396. The summed E-state index contributed by atoms with van der Waals surface area (Å²) < 4.78 is 10.7. The monoisotopic (exact) mass is 703 g/mol. The number of carboxylic acid groups (broad SMARTS) is 2. The Bertz CT molecular complexity index is 1210. The van der Waals surface area contributed by atoms with Gasteiger partial charge in [0.05, 0.1) is 23.5 Å². The zero-order chi connectivity index (χ0) is 38.5. The molecule has 0 saturated carbocycles. The van der Waals surface area contributed by atoms with Crippen molar-refractivity contribution in [2.75, 3.05) is 32.8 Å². The second-order valence-corrected chi connectivity index (χ2v) is 15.2. The third kappa shape index (κ3) is 12.8. The van der Waals surface area contributed by atoms with Crippen LogP contribution in [0.15, 0.2) is 55.6 Å². The van der Waals surface area contributed by atoms with Crippen molar-refractivity contribution in [1.29, 1.82) is 0 Å². The summed E-state index contributed by atoms with van der Waals surface area (Å²) >= 11 is 0. The van der Waals surface area contributed by atoms with E-state index in [1.165, 1.54) is 9.80 Å². The van der Waals surface area contributed by atoms with Crippen molar-refractivity contribution < 1.29 is 44.0 Å². The molecule has 12 heteroatoms. The molecular formula is C38H61N3O9. The minimum absolute atomic E-state index is 0.00398. The number of aliphatic carboxylic acids is 2. The third-order valence-corrected chi connectivity index (χ3v) is 9.08. The first-order chi connectivity index (χ1) is 23.1. The van der Waals surface area contributed by atoms with Gasteiger partial charge < -0.3 is 40.3 Å². The fourth-order valence-corrected chi connectivity index (χ4v) is 5.87. The van der Waals surface area contributed by atoms with Crippen LogP contribution in [0.1, 0.15) is 92.7 Å². The maximum atomic E-state index is 12.1. The average Bonchev–Trinajstić information content (AvgIpc) is 3.06. The standard InChI is InChI=1S/2C15H25NO4.C8H11NO/c2*1-6-11(2)15(12(17)18)8-7-9-16(10-15)13(19)20-14(3,4)5;9-8(6-10)7-4-2-1-3-5-7/h2*6,11H,1,7-10H2,2-5H3,(H,17,18);1-5,8,10H,6,9H2/t;;8-/m..1/s1. The molecule has 0 aromatic heterocycles. The van der Waals surface area contributed by atoms with E-state index >= 15 is 0 Å². The minimum Gasteiger partial charge on any atom is -0.481 e. The van der Waals surface area contributed by atoms with Gasteiger partial charge >= 0.3 is 24.1 Å². The fourth-order valence-electron chi connectivity index (χ4n) is 5.87. The molecule has 0 aliphatic carbocycles. The molecule has 282 valence electrons. The van der Waals surface area contributed by atoms with E-state index in [1.807, 2.05) is 44.2 Å². The van der Waals surface area contributed by atoms with Gasteiger partial charge in [0.1, 0.15) is 11.2 Å². The van der Waals surface area contributed by atoms with E-state index in [-0.39, 0.29) is 37.6 Å². The van der Waals surface area contributed by atoms with Crippen molar-refractivity contribution >= 4 is 24.1 Å². The Morgan fingerprint density at radius 3 is 1.44 bits per heavy atom. The van der Waals surface area contributed by atoms with Gasteiger partial charge in [0.15, 0.2) is 0 Å². The zero-order valence-corrected chi connectivity index (χ0v) is 31.3. The molecule has 0 spiro atoms. The molecule has 2 aliphatic rings. The van der Waals surface area contributed by atoms with Crippen molar-refractivity contribution in [3.63, 3.8) is 0 Å². The van der Waals surface area contributed by atoms with Crippen LogP contribution >= 0.6 is 0 Å². The number of piperidine rings is 2. The first-order valence-electron chi connectivity index (χ1n) is 17.2. The molecule has 0 bridgehead atoms. The van der Waals surface area contributed by atoms with E-state index in [2.05, 4.69) is 13.2 Å². The highest BCUT2D eigenvalue weighted by Gasteiger charge is 2.48. The Kier molecular flexibility index (Phi) is 16.7. The van der Waals surface area contributed by atoms with Crippen LogP contribution in [-0.2, 0) is 19.1 Å². The van der Waals surface area contributed by atoms with Gasteiger partial charge in [-0.1, -0.05) is 56.3 Å². The predicted molar refractivity (Wildman–Crippen MR) is 193 cm³/mol. The summed E-state index contributed by atoms with van der Waals surface area (Å²) in [7, 11) is 0. The molecule has 5 N–H and O–H groups in total. The maximum Gasteiger partial charge on any atom is 0.410 e. The highest BCUT2D eigenvalue weighted by Crippen LogP contribution is 2.40. The number of aliphatic hydroxyl groups excluding tert-OH is 1. The Morgan fingerprint density at radius 1 is 0.800 bits per heavy atom. The summed E-state index contributed by atoms with van der Waals surface area (Å²) in [6, 6.07) is 9.31. The lowest BCUT2D eigenvalue weighted by Gasteiger charge is -2.42. The SMILES string of the molecule is C=CC(C)C1(C(=O)O)CCCN(C(=O)OC(C)(C)C)C1.C=CC(C)C1(C(=O)O)CCCN(C(=O)OC(C)(C)C)C1.N[C@H](CO)c1ccccc1.